The Morgan fingerprint density at radius 2 is 1.71 bits per heavy atom. The summed E-state index contributed by atoms with van der Waals surface area (Å²) < 4.78 is 55.7. The second-order valence-electron chi connectivity index (χ2n) is 7.25. The van der Waals surface area contributed by atoms with Gasteiger partial charge in [-0.2, -0.15) is 0 Å². The van der Waals surface area contributed by atoms with Crippen LogP contribution in [0.15, 0.2) is 41.3 Å². The molecular formula is C20H25F2N3O2S. The van der Waals surface area contributed by atoms with Crippen molar-refractivity contribution >= 4 is 15.7 Å². The molecule has 5 nitrogen and oxygen atoms in total. The zero-order valence-corrected chi connectivity index (χ0v) is 17.1. The van der Waals surface area contributed by atoms with Gasteiger partial charge in [0, 0.05) is 37.9 Å². The van der Waals surface area contributed by atoms with Crippen molar-refractivity contribution < 1.29 is 17.2 Å². The zero-order chi connectivity index (χ0) is 20.5. The van der Waals surface area contributed by atoms with Crippen molar-refractivity contribution in [2.24, 2.45) is 0 Å². The van der Waals surface area contributed by atoms with E-state index in [-0.39, 0.29) is 4.90 Å². The van der Waals surface area contributed by atoms with Gasteiger partial charge < -0.3 is 9.80 Å². The van der Waals surface area contributed by atoms with Crippen LogP contribution in [0, 0.1) is 18.6 Å². The van der Waals surface area contributed by atoms with Crippen molar-refractivity contribution in [1.82, 2.24) is 9.62 Å². The van der Waals surface area contributed by atoms with Gasteiger partial charge in [-0.15, -0.1) is 0 Å². The van der Waals surface area contributed by atoms with Crippen molar-refractivity contribution in [3.63, 3.8) is 0 Å². The Kier molecular flexibility index (Phi) is 6.02. The average molecular weight is 410 g/mol. The fourth-order valence-corrected chi connectivity index (χ4v) is 4.55. The molecule has 0 amide bonds. The number of halogens is 2. The Morgan fingerprint density at radius 1 is 1.04 bits per heavy atom. The Bertz CT molecular complexity index is 958. The van der Waals surface area contributed by atoms with Crippen LogP contribution in [0.5, 0.6) is 0 Å². The molecule has 1 aliphatic rings. The number of sulfonamides is 1. The number of likely N-dealkylation sites (N-methyl/N-ethyl adjacent to an activating group) is 1. The summed E-state index contributed by atoms with van der Waals surface area (Å²) in [6.07, 6.45) is 0. The molecule has 2 aromatic rings. The fraction of sp³-hybridized carbons (Fsp3) is 0.400. The number of piperazine rings is 1. The molecule has 2 aromatic carbocycles. The molecule has 28 heavy (non-hydrogen) atoms. The third kappa shape index (κ3) is 4.51. The summed E-state index contributed by atoms with van der Waals surface area (Å²) in [7, 11) is -1.91. The highest BCUT2D eigenvalue weighted by atomic mass is 32.2. The summed E-state index contributed by atoms with van der Waals surface area (Å²) >= 11 is 0. The number of hydrogen-bond donors (Lipinski definition) is 1. The molecule has 1 atom stereocenters. The van der Waals surface area contributed by atoms with E-state index in [4.69, 9.17) is 0 Å². The van der Waals surface area contributed by atoms with Gasteiger partial charge in [0.25, 0.3) is 0 Å². The molecule has 0 radical (unpaired) electrons. The molecule has 1 aliphatic heterocycles. The monoisotopic (exact) mass is 409 g/mol. The van der Waals surface area contributed by atoms with E-state index in [0.29, 0.717) is 11.1 Å². The fourth-order valence-electron chi connectivity index (χ4n) is 3.31. The second-order valence-corrected chi connectivity index (χ2v) is 8.96. The van der Waals surface area contributed by atoms with E-state index >= 15 is 0 Å². The number of nitrogens with zero attached hydrogens (tertiary/aromatic N) is 2. The van der Waals surface area contributed by atoms with Gasteiger partial charge in [-0.25, -0.2) is 21.9 Å². The van der Waals surface area contributed by atoms with Crippen molar-refractivity contribution in [3.8, 4) is 0 Å². The maximum atomic E-state index is 13.9. The lowest BCUT2D eigenvalue weighted by Crippen LogP contribution is -2.45. The largest absolute Gasteiger partial charge is 0.369 e. The number of benzene rings is 2. The molecule has 0 saturated carbocycles. The molecule has 152 valence electrons. The highest BCUT2D eigenvalue weighted by molar-refractivity contribution is 7.89. The number of rotatable bonds is 5. The van der Waals surface area contributed by atoms with Crippen LogP contribution in [-0.4, -0.2) is 46.5 Å². The molecule has 0 spiro atoms. The van der Waals surface area contributed by atoms with E-state index in [1.54, 1.807) is 19.9 Å². The average Bonchev–Trinajstić information content (AvgIpc) is 2.64. The van der Waals surface area contributed by atoms with Crippen molar-refractivity contribution in [3.05, 3.63) is 59.2 Å². The predicted molar refractivity (Wildman–Crippen MR) is 106 cm³/mol. The maximum Gasteiger partial charge on any atom is 0.241 e. The van der Waals surface area contributed by atoms with Gasteiger partial charge in [0.05, 0.1) is 4.90 Å². The number of hydrogen-bond acceptors (Lipinski definition) is 4. The highest BCUT2D eigenvalue weighted by Gasteiger charge is 2.24. The first-order valence-corrected chi connectivity index (χ1v) is 10.7. The summed E-state index contributed by atoms with van der Waals surface area (Å²) in [6.45, 7) is 6.53. The summed E-state index contributed by atoms with van der Waals surface area (Å²) in [5.41, 5.74) is 1.73. The molecule has 8 heteroatoms. The quantitative estimate of drug-likeness (QED) is 0.825. The van der Waals surface area contributed by atoms with Gasteiger partial charge >= 0.3 is 0 Å². The van der Waals surface area contributed by atoms with Crippen LogP contribution in [0.1, 0.15) is 24.1 Å². The van der Waals surface area contributed by atoms with Crippen molar-refractivity contribution in [1.29, 1.82) is 0 Å². The van der Waals surface area contributed by atoms with Crippen LogP contribution in [-0.2, 0) is 10.0 Å². The molecule has 3 rings (SSSR count). The van der Waals surface area contributed by atoms with Crippen LogP contribution < -0.4 is 9.62 Å². The minimum atomic E-state index is -3.96. The summed E-state index contributed by atoms with van der Waals surface area (Å²) in [5.74, 6) is -1.01. The Labute approximate surface area is 165 Å². The first kappa shape index (κ1) is 20.7. The van der Waals surface area contributed by atoms with E-state index < -0.39 is 27.7 Å². The minimum Gasteiger partial charge on any atom is -0.369 e. The lowest BCUT2D eigenvalue weighted by molar-refractivity contribution is 0.312. The number of anilines is 1. The summed E-state index contributed by atoms with van der Waals surface area (Å²) in [6, 6.07) is 7.53. The molecule has 0 aliphatic carbocycles. The Balaban J connectivity index is 1.88. The van der Waals surface area contributed by atoms with Crippen LogP contribution in [0.25, 0.3) is 0 Å². The van der Waals surface area contributed by atoms with Crippen molar-refractivity contribution in [2.45, 2.75) is 24.8 Å². The Hall–Kier alpha value is -2.03. The lowest BCUT2D eigenvalue weighted by atomic mass is 10.0. The molecule has 0 aromatic heterocycles. The van der Waals surface area contributed by atoms with E-state index in [1.807, 2.05) is 7.05 Å². The smallest absolute Gasteiger partial charge is 0.241 e. The SMILES string of the molecule is Cc1ccc(S(=O)(=O)NC(C)c2cc(F)ccc2N2CCN(C)CC2)cc1F. The number of nitrogens with one attached hydrogen (secondary N) is 1. The van der Waals surface area contributed by atoms with E-state index in [2.05, 4.69) is 14.5 Å². The molecule has 1 fully saturated rings. The van der Waals surface area contributed by atoms with E-state index in [0.717, 1.165) is 37.9 Å². The van der Waals surface area contributed by atoms with Gasteiger partial charge in [0.15, 0.2) is 0 Å². The van der Waals surface area contributed by atoms with Gasteiger partial charge in [0.1, 0.15) is 11.6 Å². The first-order valence-electron chi connectivity index (χ1n) is 9.19. The highest BCUT2D eigenvalue weighted by Crippen LogP contribution is 2.29. The van der Waals surface area contributed by atoms with Crippen LogP contribution in [0.4, 0.5) is 14.5 Å². The van der Waals surface area contributed by atoms with Crippen LogP contribution in [0.2, 0.25) is 0 Å². The third-order valence-electron chi connectivity index (χ3n) is 5.09. The van der Waals surface area contributed by atoms with Gasteiger partial charge in [-0.1, -0.05) is 6.07 Å². The molecule has 1 saturated heterocycles. The normalized spacial score (nSPS) is 17.0. The second kappa shape index (κ2) is 8.14. The van der Waals surface area contributed by atoms with Crippen molar-refractivity contribution in [2.75, 3.05) is 38.1 Å². The van der Waals surface area contributed by atoms with Gasteiger partial charge in [-0.05, 0) is 62.4 Å². The molecular weight excluding hydrogens is 384 g/mol. The standard InChI is InChI=1S/C20H25F2N3O2S/c1-14-4-6-17(13-19(14)22)28(26,27)23-15(2)18-12-16(21)5-7-20(18)25-10-8-24(3)9-11-25/h4-7,12-13,15,23H,8-11H2,1-3H3. The molecule has 0 bridgehead atoms. The topological polar surface area (TPSA) is 52.7 Å². The number of aryl methyl sites for hydroxylation is 1. The van der Waals surface area contributed by atoms with Crippen LogP contribution >= 0.6 is 0 Å². The lowest BCUT2D eigenvalue weighted by Gasteiger charge is -2.36. The Morgan fingerprint density at radius 3 is 2.36 bits per heavy atom. The van der Waals surface area contributed by atoms with Gasteiger partial charge in [-0.3, -0.25) is 0 Å². The molecule has 1 unspecified atom stereocenters. The summed E-state index contributed by atoms with van der Waals surface area (Å²) in [5, 5.41) is 0. The first-order chi connectivity index (χ1) is 13.2. The van der Waals surface area contributed by atoms with E-state index in [9.17, 15) is 17.2 Å². The maximum absolute atomic E-state index is 13.9. The van der Waals surface area contributed by atoms with E-state index in [1.165, 1.54) is 24.3 Å². The zero-order valence-electron chi connectivity index (χ0n) is 16.2. The molecule has 1 N–H and O–H groups in total. The minimum absolute atomic E-state index is 0.153. The van der Waals surface area contributed by atoms with Crippen LogP contribution in [0.3, 0.4) is 0 Å². The molecule has 1 heterocycles. The summed E-state index contributed by atoms with van der Waals surface area (Å²) in [4.78, 5) is 4.18. The predicted octanol–water partition coefficient (Wildman–Crippen LogP) is 3.06. The van der Waals surface area contributed by atoms with Gasteiger partial charge in [0.2, 0.25) is 10.0 Å². The third-order valence-corrected chi connectivity index (χ3v) is 6.62.